The molecule has 1 aromatic rings. The predicted molar refractivity (Wildman–Crippen MR) is 92.4 cm³/mol. The highest BCUT2D eigenvalue weighted by molar-refractivity contribution is 9.10. The summed E-state index contributed by atoms with van der Waals surface area (Å²) in [5.41, 5.74) is 1.17. The van der Waals surface area contributed by atoms with E-state index in [4.69, 9.17) is 5.11 Å². The van der Waals surface area contributed by atoms with Gasteiger partial charge in [-0.25, -0.2) is 4.79 Å². The first-order valence-electron chi connectivity index (χ1n) is 8.03. The van der Waals surface area contributed by atoms with Gasteiger partial charge in [-0.15, -0.1) is 0 Å². The van der Waals surface area contributed by atoms with Crippen LogP contribution in [0.25, 0.3) is 0 Å². The average Bonchev–Trinajstić information content (AvgIpc) is 2.56. The van der Waals surface area contributed by atoms with E-state index in [0.29, 0.717) is 25.9 Å². The predicted octanol–water partition coefficient (Wildman–Crippen LogP) is 3.28. The van der Waals surface area contributed by atoms with E-state index in [-0.39, 0.29) is 18.0 Å². The van der Waals surface area contributed by atoms with Gasteiger partial charge in [-0.1, -0.05) is 41.1 Å². The Labute approximate surface area is 145 Å². The number of carboxylic acid groups (broad SMARTS) is 1. The summed E-state index contributed by atoms with van der Waals surface area (Å²) in [6.07, 6.45) is 2.68. The molecule has 0 spiro atoms. The summed E-state index contributed by atoms with van der Waals surface area (Å²) in [5, 5.41) is 12.1. The highest BCUT2D eigenvalue weighted by Crippen LogP contribution is 2.20. The van der Waals surface area contributed by atoms with Crippen LogP contribution in [0.5, 0.6) is 0 Å². The van der Waals surface area contributed by atoms with Gasteiger partial charge in [0.05, 0.1) is 5.92 Å². The molecule has 1 fully saturated rings. The molecule has 23 heavy (non-hydrogen) atoms. The molecule has 2 amide bonds. The number of carboxylic acids is 1. The van der Waals surface area contributed by atoms with E-state index in [1.54, 1.807) is 4.90 Å². The van der Waals surface area contributed by atoms with Gasteiger partial charge < -0.3 is 15.3 Å². The summed E-state index contributed by atoms with van der Waals surface area (Å²) in [4.78, 5) is 25.1. The molecule has 1 aliphatic heterocycles. The van der Waals surface area contributed by atoms with Gasteiger partial charge in [-0.05, 0) is 37.3 Å². The Morgan fingerprint density at radius 3 is 2.57 bits per heavy atom. The molecule has 0 saturated carbocycles. The molecule has 0 aliphatic carbocycles. The largest absolute Gasteiger partial charge is 0.481 e. The van der Waals surface area contributed by atoms with Crippen LogP contribution >= 0.6 is 15.9 Å². The summed E-state index contributed by atoms with van der Waals surface area (Å²) in [6.45, 7) is 3.07. The van der Waals surface area contributed by atoms with Crippen molar-refractivity contribution >= 4 is 27.9 Å². The van der Waals surface area contributed by atoms with E-state index in [9.17, 15) is 9.59 Å². The molecule has 126 valence electrons. The maximum absolute atomic E-state index is 12.4. The number of piperidine rings is 1. The fourth-order valence-electron chi connectivity index (χ4n) is 2.82. The minimum Gasteiger partial charge on any atom is -0.481 e. The third-order valence-electron chi connectivity index (χ3n) is 4.38. The zero-order valence-electron chi connectivity index (χ0n) is 13.3. The second-order valence-corrected chi connectivity index (χ2v) is 6.80. The molecule has 0 radical (unpaired) electrons. The van der Waals surface area contributed by atoms with E-state index in [1.165, 1.54) is 5.56 Å². The summed E-state index contributed by atoms with van der Waals surface area (Å²) in [7, 11) is 0. The molecular weight excluding hydrogens is 360 g/mol. The molecular formula is C17H23BrN2O3. The van der Waals surface area contributed by atoms with Gasteiger partial charge in [0.25, 0.3) is 0 Å². The SMILES string of the molecule is CCC(Cc1ccccc1Br)NC(=O)N1CCC(C(=O)O)CC1. The number of nitrogens with zero attached hydrogens (tertiary/aromatic N) is 1. The number of benzene rings is 1. The lowest BCUT2D eigenvalue weighted by Gasteiger charge is -2.31. The van der Waals surface area contributed by atoms with E-state index in [1.807, 2.05) is 18.2 Å². The minimum atomic E-state index is -0.759. The number of hydrogen-bond acceptors (Lipinski definition) is 2. The van der Waals surface area contributed by atoms with Gasteiger partial charge in [0.2, 0.25) is 0 Å². The van der Waals surface area contributed by atoms with Crippen molar-refractivity contribution in [1.82, 2.24) is 10.2 Å². The highest BCUT2D eigenvalue weighted by Gasteiger charge is 2.27. The van der Waals surface area contributed by atoms with Crippen molar-refractivity contribution in [1.29, 1.82) is 0 Å². The zero-order chi connectivity index (χ0) is 16.8. The van der Waals surface area contributed by atoms with E-state index >= 15 is 0 Å². The lowest BCUT2D eigenvalue weighted by molar-refractivity contribution is -0.143. The number of amides is 2. The molecule has 1 atom stereocenters. The third-order valence-corrected chi connectivity index (χ3v) is 5.15. The van der Waals surface area contributed by atoms with E-state index in [2.05, 4.69) is 34.2 Å². The summed E-state index contributed by atoms with van der Waals surface area (Å²) < 4.78 is 1.05. The van der Waals surface area contributed by atoms with Crippen molar-refractivity contribution in [3.8, 4) is 0 Å². The lowest BCUT2D eigenvalue weighted by atomic mass is 9.97. The molecule has 1 heterocycles. The maximum Gasteiger partial charge on any atom is 0.317 e. The molecule has 0 aromatic heterocycles. The quantitative estimate of drug-likeness (QED) is 0.820. The number of carbonyl (C=O) groups excluding carboxylic acids is 1. The van der Waals surface area contributed by atoms with Crippen LogP contribution in [-0.2, 0) is 11.2 Å². The number of likely N-dealkylation sites (tertiary alicyclic amines) is 1. The van der Waals surface area contributed by atoms with Gasteiger partial charge in [0.1, 0.15) is 0 Å². The highest BCUT2D eigenvalue weighted by atomic mass is 79.9. The molecule has 2 N–H and O–H groups in total. The Balaban J connectivity index is 1.88. The summed E-state index contributed by atoms with van der Waals surface area (Å²) in [5.74, 6) is -1.08. The lowest BCUT2D eigenvalue weighted by Crippen LogP contribution is -2.49. The fourth-order valence-corrected chi connectivity index (χ4v) is 3.27. The number of nitrogens with one attached hydrogen (secondary N) is 1. The second-order valence-electron chi connectivity index (χ2n) is 5.95. The van der Waals surface area contributed by atoms with Crippen molar-refractivity contribution in [2.75, 3.05) is 13.1 Å². The van der Waals surface area contributed by atoms with Gasteiger partial charge in [-0.3, -0.25) is 4.79 Å². The van der Waals surface area contributed by atoms with Crippen molar-refractivity contribution in [3.05, 3.63) is 34.3 Å². The van der Waals surface area contributed by atoms with Crippen molar-refractivity contribution in [2.24, 2.45) is 5.92 Å². The van der Waals surface area contributed by atoms with Gasteiger partial charge >= 0.3 is 12.0 Å². The number of urea groups is 1. The normalized spacial score (nSPS) is 16.9. The molecule has 1 aliphatic rings. The summed E-state index contributed by atoms with van der Waals surface area (Å²) >= 11 is 3.54. The number of halogens is 1. The van der Waals surface area contributed by atoms with Crippen molar-refractivity contribution < 1.29 is 14.7 Å². The average molecular weight is 383 g/mol. The van der Waals surface area contributed by atoms with E-state index < -0.39 is 5.97 Å². The van der Waals surface area contributed by atoms with Gasteiger partial charge in [0, 0.05) is 23.6 Å². The van der Waals surface area contributed by atoms with Crippen LogP contribution < -0.4 is 5.32 Å². The van der Waals surface area contributed by atoms with E-state index in [0.717, 1.165) is 17.3 Å². The van der Waals surface area contributed by atoms with Crippen LogP contribution in [0.4, 0.5) is 4.79 Å². The Kier molecular flexibility index (Phi) is 6.45. The molecule has 1 saturated heterocycles. The minimum absolute atomic E-state index is 0.0680. The molecule has 0 bridgehead atoms. The van der Waals surface area contributed by atoms with Crippen LogP contribution in [0.15, 0.2) is 28.7 Å². The van der Waals surface area contributed by atoms with Crippen LogP contribution in [0.3, 0.4) is 0 Å². The molecule has 6 heteroatoms. The third kappa shape index (κ3) is 4.96. The first-order valence-corrected chi connectivity index (χ1v) is 8.82. The van der Waals surface area contributed by atoms with Crippen molar-refractivity contribution in [3.63, 3.8) is 0 Å². The molecule has 2 rings (SSSR count). The second kappa shape index (κ2) is 8.34. The Morgan fingerprint density at radius 2 is 2.00 bits per heavy atom. The zero-order valence-corrected chi connectivity index (χ0v) is 14.9. The number of carbonyl (C=O) groups is 2. The first-order chi connectivity index (χ1) is 11.0. The number of hydrogen-bond donors (Lipinski definition) is 2. The Morgan fingerprint density at radius 1 is 1.35 bits per heavy atom. The topological polar surface area (TPSA) is 69.6 Å². The number of rotatable bonds is 5. The van der Waals surface area contributed by atoms with Gasteiger partial charge in [-0.2, -0.15) is 0 Å². The number of aliphatic carboxylic acids is 1. The van der Waals surface area contributed by atoms with Crippen LogP contribution in [0.2, 0.25) is 0 Å². The first kappa shape index (κ1) is 17.8. The van der Waals surface area contributed by atoms with Gasteiger partial charge in [0.15, 0.2) is 0 Å². The molecule has 1 aromatic carbocycles. The smallest absolute Gasteiger partial charge is 0.317 e. The van der Waals surface area contributed by atoms with Crippen LogP contribution in [0, 0.1) is 5.92 Å². The van der Waals surface area contributed by atoms with Crippen molar-refractivity contribution in [2.45, 2.75) is 38.6 Å². The molecule has 5 nitrogen and oxygen atoms in total. The maximum atomic E-state index is 12.4. The Hall–Kier alpha value is -1.56. The van der Waals surface area contributed by atoms with Crippen LogP contribution in [0.1, 0.15) is 31.7 Å². The fraction of sp³-hybridized carbons (Fsp3) is 0.529. The molecule has 1 unspecified atom stereocenters. The standard InChI is InChI=1S/C17H23BrN2O3/c1-2-14(11-13-5-3-4-6-15(13)18)19-17(23)20-9-7-12(8-10-20)16(21)22/h3-6,12,14H,2,7-11H2,1H3,(H,19,23)(H,21,22). The summed E-state index contributed by atoms with van der Waals surface area (Å²) in [6, 6.07) is 7.99. The van der Waals surface area contributed by atoms with Crippen LogP contribution in [-0.4, -0.2) is 41.1 Å². The Bertz CT molecular complexity index is 557. The monoisotopic (exact) mass is 382 g/mol.